The normalized spacial score (nSPS) is 44.1. The Balaban J connectivity index is 1.65. The number of ketones is 1. The molecule has 0 amide bonds. The number of hydrogen-bond acceptors (Lipinski definition) is 2. The van der Waals surface area contributed by atoms with Gasteiger partial charge in [-0.05, 0) is 91.1 Å². The minimum absolute atomic E-state index is 0.293. The summed E-state index contributed by atoms with van der Waals surface area (Å²) in [5.74, 6) is 3.42. The molecule has 0 radical (unpaired) electrons. The molecule has 26 heavy (non-hydrogen) atoms. The van der Waals surface area contributed by atoms with Gasteiger partial charge in [0.2, 0.25) is 0 Å². The van der Waals surface area contributed by atoms with Crippen molar-refractivity contribution in [3.05, 3.63) is 23.8 Å². The second kappa shape index (κ2) is 6.65. The van der Waals surface area contributed by atoms with Gasteiger partial charge < -0.3 is 5.11 Å². The summed E-state index contributed by atoms with van der Waals surface area (Å²) in [5.41, 5.74) is 1.60. The van der Waals surface area contributed by atoms with Crippen molar-refractivity contribution in [1.82, 2.24) is 0 Å². The summed E-state index contributed by atoms with van der Waals surface area (Å²) in [5, 5.41) is 9.19. The summed E-state index contributed by atoms with van der Waals surface area (Å²) in [6.45, 7) is 4.73. The molecular formula is C23H32O3. The molecule has 4 rings (SSSR count). The number of carbonyl (C=O) groups is 2. The third kappa shape index (κ3) is 2.70. The number of aliphatic carboxylic acids is 1. The fraction of sp³-hybridized carbons (Fsp3) is 0.739. The summed E-state index contributed by atoms with van der Waals surface area (Å²) >= 11 is 0. The second-order valence-electron chi connectivity index (χ2n) is 9.35. The molecular weight excluding hydrogens is 324 g/mol. The molecule has 5 unspecified atom stereocenters. The Bertz CT molecular complexity index is 660. The summed E-state index contributed by atoms with van der Waals surface area (Å²) < 4.78 is 0. The average molecular weight is 357 g/mol. The van der Waals surface area contributed by atoms with Crippen LogP contribution in [0.4, 0.5) is 0 Å². The van der Waals surface area contributed by atoms with Crippen LogP contribution >= 0.6 is 0 Å². The Morgan fingerprint density at radius 3 is 2.88 bits per heavy atom. The van der Waals surface area contributed by atoms with E-state index < -0.39 is 5.97 Å². The zero-order valence-corrected chi connectivity index (χ0v) is 16.1. The van der Waals surface area contributed by atoms with Gasteiger partial charge in [0.05, 0.1) is 0 Å². The maximum Gasteiger partial charge on any atom is 0.303 e. The largest absolute Gasteiger partial charge is 0.481 e. The number of rotatable bonds is 4. The number of carbonyl (C=O) groups excluding carboxylic acids is 1. The van der Waals surface area contributed by atoms with Gasteiger partial charge in [-0.25, -0.2) is 0 Å². The number of carboxylic acid groups (broad SMARTS) is 1. The first kappa shape index (κ1) is 18.0. The van der Waals surface area contributed by atoms with Crippen LogP contribution in [0.3, 0.4) is 0 Å². The fourth-order valence-corrected chi connectivity index (χ4v) is 7.52. The lowest BCUT2D eigenvalue weighted by Gasteiger charge is -2.54. The van der Waals surface area contributed by atoms with Crippen molar-refractivity contribution in [2.45, 2.75) is 65.2 Å². The van der Waals surface area contributed by atoms with E-state index in [1.165, 1.54) is 31.3 Å². The average Bonchev–Trinajstić information content (AvgIpc) is 2.92. The van der Waals surface area contributed by atoms with Gasteiger partial charge in [0, 0.05) is 12.8 Å². The van der Waals surface area contributed by atoms with Crippen molar-refractivity contribution in [3.63, 3.8) is 0 Å². The van der Waals surface area contributed by atoms with Crippen molar-refractivity contribution >= 4 is 11.8 Å². The van der Waals surface area contributed by atoms with Gasteiger partial charge >= 0.3 is 5.97 Å². The first-order valence-corrected chi connectivity index (χ1v) is 10.6. The Hall–Kier alpha value is -1.38. The maximum absolute atomic E-state index is 11.8. The van der Waals surface area contributed by atoms with Gasteiger partial charge in [-0.2, -0.15) is 0 Å². The number of allylic oxidation sites excluding steroid dienone is 4. The Morgan fingerprint density at radius 2 is 2.15 bits per heavy atom. The van der Waals surface area contributed by atoms with Gasteiger partial charge in [0.25, 0.3) is 0 Å². The third-order valence-electron chi connectivity index (χ3n) is 8.45. The van der Waals surface area contributed by atoms with Crippen LogP contribution in [0.2, 0.25) is 0 Å². The minimum Gasteiger partial charge on any atom is -0.481 e. The summed E-state index contributed by atoms with van der Waals surface area (Å²) in [7, 11) is 0. The second-order valence-corrected chi connectivity index (χ2v) is 9.35. The lowest BCUT2D eigenvalue weighted by molar-refractivity contribution is -0.137. The van der Waals surface area contributed by atoms with E-state index in [0.717, 1.165) is 12.8 Å². The molecule has 142 valence electrons. The van der Waals surface area contributed by atoms with E-state index in [2.05, 4.69) is 26.0 Å². The molecule has 0 spiro atoms. The molecule has 0 bridgehead atoms. The molecule has 0 heterocycles. The van der Waals surface area contributed by atoms with Crippen molar-refractivity contribution in [1.29, 1.82) is 0 Å². The van der Waals surface area contributed by atoms with E-state index in [1.54, 1.807) is 0 Å². The number of carboxylic acids is 1. The molecule has 3 nitrogen and oxygen atoms in total. The van der Waals surface area contributed by atoms with Gasteiger partial charge in [-0.3, -0.25) is 9.59 Å². The van der Waals surface area contributed by atoms with E-state index in [9.17, 15) is 14.7 Å². The summed E-state index contributed by atoms with van der Waals surface area (Å²) in [4.78, 5) is 23.0. The quantitative estimate of drug-likeness (QED) is 0.769. The zero-order valence-electron chi connectivity index (χ0n) is 16.1. The van der Waals surface area contributed by atoms with Crippen molar-refractivity contribution in [2.24, 2.45) is 40.9 Å². The maximum atomic E-state index is 11.8. The highest BCUT2D eigenvalue weighted by Gasteiger charge is 2.58. The monoisotopic (exact) mass is 356 g/mol. The van der Waals surface area contributed by atoms with Crippen LogP contribution in [0, 0.1) is 40.9 Å². The third-order valence-corrected chi connectivity index (χ3v) is 8.45. The van der Waals surface area contributed by atoms with Crippen LogP contribution in [0.5, 0.6) is 0 Å². The fourth-order valence-electron chi connectivity index (χ4n) is 7.52. The predicted molar refractivity (Wildman–Crippen MR) is 102 cm³/mol. The molecule has 0 aromatic carbocycles. The topological polar surface area (TPSA) is 54.4 Å². The molecule has 4 aliphatic carbocycles. The van der Waals surface area contributed by atoms with E-state index in [1.807, 2.05) is 6.08 Å². The Kier molecular flexibility index (Phi) is 4.61. The molecule has 1 N–H and O–H groups in total. The Morgan fingerprint density at radius 1 is 1.35 bits per heavy atom. The summed E-state index contributed by atoms with van der Waals surface area (Å²) in [6, 6.07) is 0. The van der Waals surface area contributed by atoms with Crippen molar-refractivity contribution in [3.8, 4) is 0 Å². The van der Waals surface area contributed by atoms with Gasteiger partial charge in [-0.15, -0.1) is 0 Å². The lowest BCUT2D eigenvalue weighted by Crippen LogP contribution is -2.47. The van der Waals surface area contributed by atoms with Gasteiger partial charge in [-0.1, -0.05) is 26.0 Å². The lowest BCUT2D eigenvalue weighted by atomic mass is 9.50. The van der Waals surface area contributed by atoms with Crippen molar-refractivity contribution in [2.75, 3.05) is 0 Å². The molecule has 0 aromatic rings. The predicted octanol–water partition coefficient (Wildman–Crippen LogP) is 5.02. The minimum atomic E-state index is -0.653. The zero-order chi connectivity index (χ0) is 18.5. The SMILES string of the molecule is CCC12CCC3C4CCC(=O)C=C4C=CC3C1[C@@H](C)C[C@H]2CCC(=O)O. The molecule has 0 saturated heterocycles. The van der Waals surface area contributed by atoms with Crippen LogP contribution in [0.15, 0.2) is 23.8 Å². The Labute approximate surface area is 156 Å². The number of fused-ring (bicyclic) bond motifs is 5. The smallest absolute Gasteiger partial charge is 0.303 e. The highest BCUT2D eigenvalue weighted by molar-refractivity contribution is 5.91. The van der Waals surface area contributed by atoms with E-state index >= 15 is 0 Å². The first-order chi connectivity index (χ1) is 12.5. The van der Waals surface area contributed by atoms with Gasteiger partial charge in [0.1, 0.15) is 0 Å². The molecule has 2 saturated carbocycles. The summed E-state index contributed by atoms with van der Waals surface area (Å²) in [6.07, 6.45) is 14.3. The highest BCUT2D eigenvalue weighted by atomic mass is 16.4. The molecule has 2 fully saturated rings. The molecule has 0 aliphatic heterocycles. The van der Waals surface area contributed by atoms with Crippen LogP contribution in [0.25, 0.3) is 0 Å². The van der Waals surface area contributed by atoms with E-state index in [0.29, 0.717) is 59.5 Å². The van der Waals surface area contributed by atoms with Crippen LogP contribution in [-0.2, 0) is 9.59 Å². The van der Waals surface area contributed by atoms with Crippen molar-refractivity contribution < 1.29 is 14.7 Å². The van der Waals surface area contributed by atoms with E-state index in [-0.39, 0.29) is 0 Å². The number of hydrogen-bond donors (Lipinski definition) is 1. The van der Waals surface area contributed by atoms with Gasteiger partial charge in [0.15, 0.2) is 5.78 Å². The highest BCUT2D eigenvalue weighted by Crippen LogP contribution is 2.66. The molecule has 4 aliphatic rings. The van der Waals surface area contributed by atoms with E-state index in [4.69, 9.17) is 0 Å². The molecule has 0 aromatic heterocycles. The van der Waals surface area contributed by atoms with Crippen LogP contribution in [0.1, 0.15) is 65.2 Å². The molecule has 3 heteroatoms. The first-order valence-electron chi connectivity index (χ1n) is 10.6. The standard InChI is InChI=1S/C23H32O3/c1-3-23-11-10-19-18-8-6-17(24)13-15(18)4-7-20(19)22(23)14(2)12-16(23)5-9-21(25)26/h4,7,13-14,16,18-20,22H,3,5-6,8-12H2,1-2H3,(H,25,26)/t14-,16+,18?,19?,20?,22?,23?/m0/s1. The van der Waals surface area contributed by atoms with Crippen LogP contribution in [-0.4, -0.2) is 16.9 Å². The molecule has 7 atom stereocenters. The van der Waals surface area contributed by atoms with Crippen LogP contribution < -0.4 is 0 Å².